The molecule has 0 spiro atoms. The zero-order chi connectivity index (χ0) is 16.8. The normalized spacial score (nSPS) is 17.3. The highest BCUT2D eigenvalue weighted by molar-refractivity contribution is 5.96. The Morgan fingerprint density at radius 1 is 1.22 bits per heavy atom. The number of anilines is 1. The molecule has 0 aromatic heterocycles. The maximum absolute atomic E-state index is 12.0. The first-order chi connectivity index (χ1) is 11.0. The van der Waals surface area contributed by atoms with E-state index in [1.54, 1.807) is 0 Å². The van der Waals surface area contributed by atoms with E-state index in [1.807, 2.05) is 19.1 Å². The van der Waals surface area contributed by atoms with Crippen LogP contribution in [0.4, 0.5) is 10.5 Å². The summed E-state index contributed by atoms with van der Waals surface area (Å²) in [5.41, 5.74) is 2.42. The van der Waals surface area contributed by atoms with Gasteiger partial charge in [-0.3, -0.25) is 15.0 Å². The van der Waals surface area contributed by atoms with E-state index in [0.717, 1.165) is 25.9 Å². The van der Waals surface area contributed by atoms with E-state index < -0.39 is 6.03 Å². The van der Waals surface area contributed by atoms with E-state index in [-0.39, 0.29) is 11.9 Å². The zero-order valence-electron chi connectivity index (χ0n) is 14.1. The molecular formula is C17H26N4O2. The molecule has 3 N–H and O–H groups in total. The fourth-order valence-electron chi connectivity index (χ4n) is 2.83. The molecule has 23 heavy (non-hydrogen) atoms. The van der Waals surface area contributed by atoms with Crippen molar-refractivity contribution in [2.45, 2.75) is 38.8 Å². The van der Waals surface area contributed by atoms with Gasteiger partial charge in [-0.15, -0.1) is 0 Å². The average molecular weight is 318 g/mol. The summed E-state index contributed by atoms with van der Waals surface area (Å²) in [6.45, 7) is 5.62. The Kier molecular flexibility index (Phi) is 5.98. The van der Waals surface area contributed by atoms with Crippen molar-refractivity contribution in [2.75, 3.05) is 25.5 Å². The quantitative estimate of drug-likeness (QED) is 0.790. The lowest BCUT2D eigenvalue weighted by molar-refractivity contribution is -0.125. The number of nitrogens with zero attached hydrogens (tertiary/aromatic N) is 1. The number of para-hydroxylation sites is 1. The van der Waals surface area contributed by atoms with Crippen molar-refractivity contribution in [1.82, 2.24) is 15.5 Å². The van der Waals surface area contributed by atoms with Crippen LogP contribution in [0.25, 0.3) is 0 Å². The second-order valence-corrected chi connectivity index (χ2v) is 6.01. The van der Waals surface area contributed by atoms with Crippen LogP contribution in [0.15, 0.2) is 24.3 Å². The van der Waals surface area contributed by atoms with Gasteiger partial charge in [0.05, 0.1) is 6.04 Å². The highest BCUT2D eigenvalue weighted by atomic mass is 16.2. The SMILES string of the molecule is CNC(=O)NC(=O)[C@H](C)N1CCC(Nc2ccccc2C)CC1. The molecule has 1 aliphatic heterocycles. The first-order valence-corrected chi connectivity index (χ1v) is 8.10. The van der Waals surface area contributed by atoms with Crippen LogP contribution in [0.1, 0.15) is 25.3 Å². The van der Waals surface area contributed by atoms with E-state index in [0.29, 0.717) is 6.04 Å². The molecule has 6 heteroatoms. The number of rotatable bonds is 4. The predicted octanol–water partition coefficient (Wildman–Crippen LogP) is 1.72. The molecule has 1 aromatic carbocycles. The van der Waals surface area contributed by atoms with Gasteiger partial charge < -0.3 is 10.6 Å². The lowest BCUT2D eigenvalue weighted by Crippen LogP contribution is -2.52. The topological polar surface area (TPSA) is 73.5 Å². The third-order valence-electron chi connectivity index (χ3n) is 4.43. The number of hydrogen-bond acceptors (Lipinski definition) is 4. The van der Waals surface area contributed by atoms with Crippen LogP contribution in [-0.2, 0) is 4.79 Å². The first-order valence-electron chi connectivity index (χ1n) is 8.10. The summed E-state index contributed by atoms with van der Waals surface area (Å²) in [6.07, 6.45) is 1.96. The summed E-state index contributed by atoms with van der Waals surface area (Å²) in [5, 5.41) is 8.32. The maximum atomic E-state index is 12.0. The number of aryl methyl sites for hydroxylation is 1. The molecule has 126 valence electrons. The summed E-state index contributed by atoms with van der Waals surface area (Å²) < 4.78 is 0. The van der Waals surface area contributed by atoms with Gasteiger partial charge in [-0.2, -0.15) is 0 Å². The monoisotopic (exact) mass is 318 g/mol. The van der Waals surface area contributed by atoms with Crippen molar-refractivity contribution in [3.63, 3.8) is 0 Å². The van der Waals surface area contributed by atoms with Gasteiger partial charge in [-0.25, -0.2) is 4.79 Å². The average Bonchev–Trinajstić information content (AvgIpc) is 2.56. The highest BCUT2D eigenvalue weighted by Gasteiger charge is 2.27. The number of carbonyl (C=O) groups excluding carboxylic acids is 2. The Morgan fingerprint density at radius 3 is 2.48 bits per heavy atom. The maximum Gasteiger partial charge on any atom is 0.321 e. The lowest BCUT2D eigenvalue weighted by atomic mass is 10.0. The molecule has 1 atom stereocenters. The summed E-state index contributed by atoms with van der Waals surface area (Å²) in [7, 11) is 1.50. The van der Waals surface area contributed by atoms with Crippen LogP contribution in [0.3, 0.4) is 0 Å². The fourth-order valence-corrected chi connectivity index (χ4v) is 2.83. The number of amides is 3. The van der Waals surface area contributed by atoms with Crippen LogP contribution in [0.5, 0.6) is 0 Å². The molecule has 1 aliphatic rings. The van der Waals surface area contributed by atoms with Crippen LogP contribution in [0.2, 0.25) is 0 Å². The van der Waals surface area contributed by atoms with Gasteiger partial charge in [0.25, 0.3) is 0 Å². The van der Waals surface area contributed by atoms with Crippen LogP contribution < -0.4 is 16.0 Å². The van der Waals surface area contributed by atoms with Crippen LogP contribution >= 0.6 is 0 Å². The number of piperidine rings is 1. The van der Waals surface area contributed by atoms with E-state index in [4.69, 9.17) is 0 Å². The largest absolute Gasteiger partial charge is 0.382 e. The van der Waals surface area contributed by atoms with E-state index >= 15 is 0 Å². The van der Waals surface area contributed by atoms with E-state index in [2.05, 4.69) is 39.9 Å². The Balaban J connectivity index is 1.82. The van der Waals surface area contributed by atoms with Crippen LogP contribution in [-0.4, -0.2) is 49.1 Å². The predicted molar refractivity (Wildman–Crippen MR) is 91.5 cm³/mol. The number of hydrogen-bond donors (Lipinski definition) is 3. The van der Waals surface area contributed by atoms with Crippen LogP contribution in [0, 0.1) is 6.92 Å². The number of imide groups is 1. The second kappa shape index (κ2) is 7.97. The molecule has 2 rings (SSSR count). The standard InChI is InChI=1S/C17H26N4O2/c1-12-6-4-5-7-15(12)19-14-8-10-21(11-9-14)13(2)16(22)20-17(23)18-3/h4-7,13-14,19H,8-11H2,1-3H3,(H2,18,20,22,23)/t13-/m0/s1. The van der Waals surface area contributed by atoms with E-state index in [9.17, 15) is 9.59 Å². The minimum atomic E-state index is -0.460. The third kappa shape index (κ3) is 4.69. The van der Waals surface area contributed by atoms with Gasteiger partial charge in [0, 0.05) is 31.9 Å². The molecule has 1 heterocycles. The van der Waals surface area contributed by atoms with Gasteiger partial charge in [-0.05, 0) is 38.3 Å². The molecular weight excluding hydrogens is 292 g/mol. The van der Waals surface area contributed by atoms with Crippen molar-refractivity contribution < 1.29 is 9.59 Å². The number of benzene rings is 1. The Labute approximate surface area is 137 Å². The summed E-state index contributed by atoms with van der Waals surface area (Å²) in [6, 6.07) is 7.93. The lowest BCUT2D eigenvalue weighted by Gasteiger charge is -2.36. The van der Waals surface area contributed by atoms with Gasteiger partial charge in [0.1, 0.15) is 0 Å². The highest BCUT2D eigenvalue weighted by Crippen LogP contribution is 2.20. The molecule has 0 radical (unpaired) electrons. The fraction of sp³-hybridized carbons (Fsp3) is 0.529. The minimum Gasteiger partial charge on any atom is -0.382 e. The smallest absolute Gasteiger partial charge is 0.321 e. The summed E-state index contributed by atoms with van der Waals surface area (Å²) in [4.78, 5) is 25.3. The summed E-state index contributed by atoms with van der Waals surface area (Å²) >= 11 is 0. The van der Waals surface area contributed by atoms with Crippen molar-refractivity contribution in [1.29, 1.82) is 0 Å². The molecule has 3 amide bonds. The first kappa shape index (κ1) is 17.3. The Hall–Kier alpha value is -2.08. The third-order valence-corrected chi connectivity index (χ3v) is 4.43. The van der Waals surface area contributed by atoms with Gasteiger partial charge in [0.15, 0.2) is 0 Å². The molecule has 0 bridgehead atoms. The van der Waals surface area contributed by atoms with Crippen molar-refractivity contribution in [2.24, 2.45) is 0 Å². The molecule has 0 aliphatic carbocycles. The Morgan fingerprint density at radius 2 is 1.87 bits per heavy atom. The molecule has 6 nitrogen and oxygen atoms in total. The molecule has 1 aromatic rings. The number of likely N-dealkylation sites (tertiary alicyclic amines) is 1. The molecule has 0 unspecified atom stereocenters. The van der Waals surface area contributed by atoms with Gasteiger partial charge in [0.2, 0.25) is 5.91 Å². The number of nitrogens with one attached hydrogen (secondary N) is 3. The van der Waals surface area contributed by atoms with Crippen molar-refractivity contribution >= 4 is 17.6 Å². The molecule has 0 saturated carbocycles. The van der Waals surface area contributed by atoms with Gasteiger partial charge >= 0.3 is 6.03 Å². The minimum absolute atomic E-state index is 0.255. The number of urea groups is 1. The summed E-state index contributed by atoms with van der Waals surface area (Å²) in [5.74, 6) is -0.255. The Bertz CT molecular complexity index is 553. The van der Waals surface area contributed by atoms with E-state index in [1.165, 1.54) is 18.3 Å². The molecule has 1 fully saturated rings. The number of carbonyl (C=O) groups is 2. The zero-order valence-corrected chi connectivity index (χ0v) is 14.1. The molecule has 1 saturated heterocycles. The van der Waals surface area contributed by atoms with Gasteiger partial charge in [-0.1, -0.05) is 18.2 Å². The van der Waals surface area contributed by atoms with Crippen molar-refractivity contribution in [3.05, 3.63) is 29.8 Å². The van der Waals surface area contributed by atoms with Crippen molar-refractivity contribution in [3.8, 4) is 0 Å². The second-order valence-electron chi connectivity index (χ2n) is 6.01.